The van der Waals surface area contributed by atoms with Gasteiger partial charge in [-0.05, 0) is 20.3 Å². The molecule has 0 saturated carbocycles. The Hall–Kier alpha value is -1.10. The van der Waals surface area contributed by atoms with Crippen molar-refractivity contribution in [3.05, 3.63) is 0 Å². The Labute approximate surface area is 90.2 Å². The van der Waals surface area contributed by atoms with Crippen LogP contribution in [0.25, 0.3) is 0 Å². The second-order valence-electron chi connectivity index (χ2n) is 3.73. The average molecular weight is 216 g/mol. The first-order valence-corrected chi connectivity index (χ1v) is 5.23. The van der Waals surface area contributed by atoms with Crippen molar-refractivity contribution >= 4 is 11.9 Å². The number of carbonyl (C=O) groups is 2. The van der Waals surface area contributed by atoms with Gasteiger partial charge in [0.25, 0.3) is 0 Å². The van der Waals surface area contributed by atoms with Crippen LogP contribution in [0.15, 0.2) is 0 Å². The number of hydrogen-bond donors (Lipinski definition) is 3. The highest BCUT2D eigenvalue weighted by atomic mass is 16.4. The van der Waals surface area contributed by atoms with Gasteiger partial charge in [0.05, 0.1) is 0 Å². The number of rotatable bonds is 7. The minimum absolute atomic E-state index is 0.0576. The van der Waals surface area contributed by atoms with Gasteiger partial charge in [-0.25, -0.2) is 0 Å². The maximum atomic E-state index is 11.2. The number of hydrogen-bond acceptors (Lipinski definition) is 3. The minimum atomic E-state index is -0.873. The first-order valence-electron chi connectivity index (χ1n) is 5.23. The molecule has 5 nitrogen and oxygen atoms in total. The maximum absolute atomic E-state index is 11.2. The lowest BCUT2D eigenvalue weighted by Gasteiger charge is -2.12. The Morgan fingerprint density at radius 3 is 2.33 bits per heavy atom. The molecule has 0 aromatic heterocycles. The predicted molar refractivity (Wildman–Crippen MR) is 57.6 cm³/mol. The zero-order valence-corrected chi connectivity index (χ0v) is 9.54. The molecule has 5 heteroatoms. The van der Waals surface area contributed by atoms with Gasteiger partial charge in [0.2, 0.25) is 5.91 Å². The maximum Gasteiger partial charge on any atom is 0.320 e. The van der Waals surface area contributed by atoms with E-state index in [-0.39, 0.29) is 11.9 Å². The Morgan fingerprint density at radius 1 is 1.33 bits per heavy atom. The van der Waals surface area contributed by atoms with Gasteiger partial charge in [0, 0.05) is 19.0 Å². The van der Waals surface area contributed by atoms with Gasteiger partial charge in [-0.2, -0.15) is 0 Å². The number of aliphatic carboxylic acids is 1. The van der Waals surface area contributed by atoms with E-state index in [2.05, 4.69) is 10.6 Å². The second-order valence-corrected chi connectivity index (χ2v) is 3.73. The highest BCUT2D eigenvalue weighted by Gasteiger charge is 2.13. The Bertz CT molecular complexity index is 217. The molecule has 1 amide bonds. The molecule has 0 heterocycles. The quantitative estimate of drug-likeness (QED) is 0.574. The summed E-state index contributed by atoms with van der Waals surface area (Å²) in [6.45, 7) is 5.96. The van der Waals surface area contributed by atoms with Gasteiger partial charge in [-0.1, -0.05) is 6.92 Å². The normalized spacial score (nSPS) is 12.5. The Balaban J connectivity index is 3.68. The van der Waals surface area contributed by atoms with Crippen LogP contribution in [-0.4, -0.2) is 35.6 Å². The zero-order valence-electron chi connectivity index (χ0n) is 9.54. The molecule has 88 valence electrons. The molecular formula is C10H20N2O3. The predicted octanol–water partition coefficient (Wildman–Crippen LogP) is 0.354. The fourth-order valence-electron chi connectivity index (χ4n) is 1.16. The molecule has 0 aliphatic rings. The van der Waals surface area contributed by atoms with E-state index in [1.807, 2.05) is 13.8 Å². The van der Waals surface area contributed by atoms with E-state index in [1.54, 1.807) is 6.92 Å². The molecular weight excluding hydrogens is 196 g/mol. The lowest BCUT2D eigenvalue weighted by Crippen LogP contribution is -2.39. The summed E-state index contributed by atoms with van der Waals surface area (Å²) in [5.41, 5.74) is 0. The molecule has 0 spiro atoms. The molecule has 0 aromatic carbocycles. The van der Waals surface area contributed by atoms with Crippen LogP contribution in [0.3, 0.4) is 0 Å². The summed E-state index contributed by atoms with van der Waals surface area (Å²) in [6, 6.07) is -0.434. The van der Waals surface area contributed by atoms with E-state index in [4.69, 9.17) is 5.11 Å². The fraction of sp³-hybridized carbons (Fsp3) is 0.800. The monoisotopic (exact) mass is 216 g/mol. The molecule has 0 rings (SSSR count). The van der Waals surface area contributed by atoms with Crippen LogP contribution in [0, 0.1) is 0 Å². The third-order valence-corrected chi connectivity index (χ3v) is 1.90. The van der Waals surface area contributed by atoms with Crippen molar-refractivity contribution in [3.8, 4) is 0 Å². The molecule has 1 unspecified atom stereocenters. The summed E-state index contributed by atoms with van der Waals surface area (Å²) < 4.78 is 0. The molecule has 1 atom stereocenters. The lowest BCUT2D eigenvalue weighted by molar-refractivity contribution is -0.139. The van der Waals surface area contributed by atoms with Crippen molar-refractivity contribution in [1.82, 2.24) is 10.6 Å². The summed E-state index contributed by atoms with van der Waals surface area (Å²) in [5, 5.41) is 14.3. The van der Waals surface area contributed by atoms with Gasteiger partial charge in [-0.3, -0.25) is 9.59 Å². The van der Waals surface area contributed by atoms with Crippen LogP contribution in [-0.2, 0) is 9.59 Å². The Morgan fingerprint density at radius 2 is 1.93 bits per heavy atom. The SMILES string of the molecule is CCC(NCCC(=O)NC(C)C)C(=O)O. The van der Waals surface area contributed by atoms with Crippen LogP contribution < -0.4 is 10.6 Å². The number of carbonyl (C=O) groups excluding carboxylic acids is 1. The molecule has 15 heavy (non-hydrogen) atoms. The third-order valence-electron chi connectivity index (χ3n) is 1.90. The molecule has 0 bridgehead atoms. The average Bonchev–Trinajstić information content (AvgIpc) is 2.10. The first-order chi connectivity index (χ1) is 6.97. The molecule has 0 aromatic rings. The van der Waals surface area contributed by atoms with Gasteiger partial charge >= 0.3 is 5.97 Å². The summed E-state index contributed by atoms with van der Waals surface area (Å²) >= 11 is 0. The summed E-state index contributed by atoms with van der Waals surface area (Å²) in [5.74, 6) is -0.931. The lowest BCUT2D eigenvalue weighted by atomic mass is 10.2. The number of carboxylic acids is 1. The first kappa shape index (κ1) is 13.9. The smallest absolute Gasteiger partial charge is 0.320 e. The van der Waals surface area contributed by atoms with Crippen molar-refractivity contribution in [2.45, 2.75) is 45.7 Å². The third kappa shape index (κ3) is 6.90. The van der Waals surface area contributed by atoms with Crippen LogP contribution in [0.5, 0.6) is 0 Å². The van der Waals surface area contributed by atoms with Crippen molar-refractivity contribution < 1.29 is 14.7 Å². The van der Waals surface area contributed by atoms with E-state index in [0.717, 1.165) is 0 Å². The van der Waals surface area contributed by atoms with Crippen LogP contribution >= 0.6 is 0 Å². The number of carboxylic acid groups (broad SMARTS) is 1. The highest BCUT2D eigenvalue weighted by molar-refractivity contribution is 5.76. The van der Waals surface area contributed by atoms with Gasteiger partial charge in [-0.15, -0.1) is 0 Å². The second kappa shape index (κ2) is 7.23. The summed E-state index contributed by atoms with van der Waals surface area (Å²) in [6.07, 6.45) is 0.823. The van der Waals surface area contributed by atoms with Crippen LogP contribution in [0.2, 0.25) is 0 Å². The van der Waals surface area contributed by atoms with E-state index in [1.165, 1.54) is 0 Å². The van der Waals surface area contributed by atoms with Gasteiger partial charge < -0.3 is 15.7 Å². The molecule has 0 aliphatic carbocycles. The fourth-order valence-corrected chi connectivity index (χ4v) is 1.16. The number of amides is 1. The van der Waals surface area contributed by atoms with Crippen molar-refractivity contribution in [2.24, 2.45) is 0 Å². The zero-order chi connectivity index (χ0) is 11.8. The molecule has 0 fully saturated rings. The van der Waals surface area contributed by atoms with Crippen molar-refractivity contribution in [3.63, 3.8) is 0 Å². The standard InChI is InChI=1S/C10H20N2O3/c1-4-8(10(14)15)11-6-5-9(13)12-7(2)3/h7-8,11H,4-6H2,1-3H3,(H,12,13)(H,14,15). The number of nitrogens with one attached hydrogen (secondary N) is 2. The van der Waals surface area contributed by atoms with Gasteiger partial charge in [0.15, 0.2) is 0 Å². The van der Waals surface area contributed by atoms with E-state index in [0.29, 0.717) is 19.4 Å². The highest BCUT2D eigenvalue weighted by Crippen LogP contribution is 1.91. The van der Waals surface area contributed by atoms with Crippen molar-refractivity contribution in [2.75, 3.05) is 6.54 Å². The molecule has 0 saturated heterocycles. The van der Waals surface area contributed by atoms with E-state index in [9.17, 15) is 9.59 Å². The Kier molecular flexibility index (Phi) is 6.70. The topological polar surface area (TPSA) is 78.4 Å². The molecule has 0 aliphatic heterocycles. The summed E-state index contributed by atoms with van der Waals surface area (Å²) in [7, 11) is 0. The largest absolute Gasteiger partial charge is 0.480 e. The summed E-state index contributed by atoms with van der Waals surface area (Å²) in [4.78, 5) is 21.8. The molecule has 3 N–H and O–H groups in total. The molecule has 0 radical (unpaired) electrons. The van der Waals surface area contributed by atoms with E-state index < -0.39 is 12.0 Å². The van der Waals surface area contributed by atoms with Crippen LogP contribution in [0.1, 0.15) is 33.6 Å². The van der Waals surface area contributed by atoms with Gasteiger partial charge in [0.1, 0.15) is 6.04 Å². The van der Waals surface area contributed by atoms with Crippen LogP contribution in [0.4, 0.5) is 0 Å². The minimum Gasteiger partial charge on any atom is -0.480 e. The van der Waals surface area contributed by atoms with Crippen molar-refractivity contribution in [1.29, 1.82) is 0 Å². The van der Waals surface area contributed by atoms with E-state index >= 15 is 0 Å².